The Hall–Kier alpha value is -1.35. The minimum Gasteiger partial charge on any atom is -0.369 e. The fourth-order valence-corrected chi connectivity index (χ4v) is 1.44. The van der Waals surface area contributed by atoms with Gasteiger partial charge in [-0.25, -0.2) is 0 Å². The van der Waals surface area contributed by atoms with Gasteiger partial charge in [0.05, 0.1) is 6.54 Å². The van der Waals surface area contributed by atoms with Crippen LogP contribution in [0.3, 0.4) is 0 Å². The largest absolute Gasteiger partial charge is 0.369 e. The average molecular weight is 206 g/mol. The molecule has 0 aromatic heterocycles. The third-order valence-electron chi connectivity index (χ3n) is 2.19. The SMILES string of the molecule is CCCc1ccc(CNCC(N)=O)cc1. The molecule has 0 aliphatic rings. The Morgan fingerprint density at radius 1 is 1.27 bits per heavy atom. The first-order valence-electron chi connectivity index (χ1n) is 5.29. The number of hydrogen-bond donors (Lipinski definition) is 2. The summed E-state index contributed by atoms with van der Waals surface area (Å²) in [4.78, 5) is 10.5. The Morgan fingerprint density at radius 3 is 2.40 bits per heavy atom. The van der Waals surface area contributed by atoms with Crippen LogP contribution in [0.1, 0.15) is 24.5 Å². The van der Waals surface area contributed by atoms with Crippen molar-refractivity contribution < 1.29 is 4.79 Å². The van der Waals surface area contributed by atoms with E-state index in [0.29, 0.717) is 6.54 Å². The average Bonchev–Trinajstić information content (AvgIpc) is 2.20. The van der Waals surface area contributed by atoms with Crippen LogP contribution in [-0.4, -0.2) is 12.5 Å². The van der Waals surface area contributed by atoms with Crippen molar-refractivity contribution in [1.82, 2.24) is 5.32 Å². The minimum atomic E-state index is -0.322. The molecule has 0 aliphatic carbocycles. The van der Waals surface area contributed by atoms with E-state index < -0.39 is 0 Å². The van der Waals surface area contributed by atoms with Crippen molar-refractivity contribution in [3.63, 3.8) is 0 Å². The number of rotatable bonds is 6. The lowest BCUT2D eigenvalue weighted by atomic mass is 10.1. The van der Waals surface area contributed by atoms with E-state index in [1.54, 1.807) is 0 Å². The second-order valence-electron chi connectivity index (χ2n) is 3.64. The summed E-state index contributed by atoms with van der Waals surface area (Å²) in [5, 5.41) is 2.98. The summed E-state index contributed by atoms with van der Waals surface area (Å²) >= 11 is 0. The van der Waals surface area contributed by atoms with Gasteiger partial charge in [0.1, 0.15) is 0 Å². The second kappa shape index (κ2) is 6.19. The van der Waals surface area contributed by atoms with E-state index in [-0.39, 0.29) is 12.5 Å². The van der Waals surface area contributed by atoms with Crippen LogP contribution >= 0.6 is 0 Å². The number of carbonyl (C=O) groups excluding carboxylic acids is 1. The van der Waals surface area contributed by atoms with Gasteiger partial charge in [0.2, 0.25) is 5.91 Å². The van der Waals surface area contributed by atoms with Gasteiger partial charge in [0, 0.05) is 6.54 Å². The lowest BCUT2D eigenvalue weighted by Gasteiger charge is -2.04. The van der Waals surface area contributed by atoms with Crippen LogP contribution in [0.25, 0.3) is 0 Å². The summed E-state index contributed by atoms with van der Waals surface area (Å²) < 4.78 is 0. The Balaban J connectivity index is 2.39. The predicted octanol–water partition coefficient (Wildman–Crippen LogP) is 1.21. The van der Waals surface area contributed by atoms with Gasteiger partial charge in [-0.2, -0.15) is 0 Å². The summed E-state index contributed by atoms with van der Waals surface area (Å²) in [5.41, 5.74) is 7.55. The Bertz CT molecular complexity index is 306. The normalized spacial score (nSPS) is 10.2. The van der Waals surface area contributed by atoms with E-state index in [9.17, 15) is 4.79 Å². The summed E-state index contributed by atoms with van der Waals surface area (Å²) in [6, 6.07) is 8.42. The Morgan fingerprint density at radius 2 is 1.87 bits per heavy atom. The van der Waals surface area contributed by atoms with Crippen molar-refractivity contribution >= 4 is 5.91 Å². The van der Waals surface area contributed by atoms with Crippen LogP contribution in [0.15, 0.2) is 24.3 Å². The number of aryl methyl sites for hydroxylation is 1. The van der Waals surface area contributed by atoms with E-state index in [0.717, 1.165) is 6.42 Å². The van der Waals surface area contributed by atoms with E-state index in [4.69, 9.17) is 5.73 Å². The molecule has 0 atom stereocenters. The molecular formula is C12H18N2O. The van der Waals surface area contributed by atoms with E-state index >= 15 is 0 Å². The standard InChI is InChI=1S/C12H18N2O/c1-2-3-10-4-6-11(7-5-10)8-14-9-12(13)15/h4-7,14H,2-3,8-9H2,1H3,(H2,13,15). The molecule has 0 aliphatic heterocycles. The smallest absolute Gasteiger partial charge is 0.231 e. The third-order valence-corrected chi connectivity index (χ3v) is 2.19. The monoisotopic (exact) mass is 206 g/mol. The number of carbonyl (C=O) groups is 1. The molecule has 0 saturated heterocycles. The van der Waals surface area contributed by atoms with Gasteiger partial charge in [0.15, 0.2) is 0 Å². The maximum atomic E-state index is 10.5. The fourth-order valence-electron chi connectivity index (χ4n) is 1.44. The van der Waals surface area contributed by atoms with Gasteiger partial charge < -0.3 is 11.1 Å². The van der Waals surface area contributed by atoms with Crippen molar-refractivity contribution in [3.8, 4) is 0 Å². The first-order chi connectivity index (χ1) is 7.22. The molecule has 82 valence electrons. The van der Waals surface area contributed by atoms with Gasteiger partial charge in [0.25, 0.3) is 0 Å². The molecule has 3 heteroatoms. The Labute approximate surface area is 90.7 Å². The van der Waals surface area contributed by atoms with Gasteiger partial charge in [-0.05, 0) is 17.5 Å². The predicted molar refractivity (Wildman–Crippen MR) is 61.3 cm³/mol. The van der Waals surface area contributed by atoms with Gasteiger partial charge in [-0.15, -0.1) is 0 Å². The number of primary amides is 1. The van der Waals surface area contributed by atoms with Crippen LogP contribution in [0.5, 0.6) is 0 Å². The summed E-state index contributed by atoms with van der Waals surface area (Å²) in [7, 11) is 0. The maximum absolute atomic E-state index is 10.5. The zero-order chi connectivity index (χ0) is 11.1. The third kappa shape index (κ3) is 4.61. The van der Waals surface area contributed by atoms with E-state index in [1.807, 2.05) is 0 Å². The molecule has 3 nitrogen and oxygen atoms in total. The highest BCUT2D eigenvalue weighted by Crippen LogP contribution is 2.06. The number of hydrogen-bond acceptors (Lipinski definition) is 2. The molecule has 0 radical (unpaired) electrons. The summed E-state index contributed by atoms with van der Waals surface area (Å²) in [6.07, 6.45) is 2.29. The zero-order valence-electron chi connectivity index (χ0n) is 9.12. The van der Waals surface area contributed by atoms with Crippen LogP contribution in [0.4, 0.5) is 0 Å². The van der Waals surface area contributed by atoms with Crippen LogP contribution in [0, 0.1) is 0 Å². The van der Waals surface area contributed by atoms with E-state index in [1.165, 1.54) is 17.5 Å². The molecular weight excluding hydrogens is 188 g/mol. The van der Waals surface area contributed by atoms with Crippen molar-refractivity contribution in [1.29, 1.82) is 0 Å². The highest BCUT2D eigenvalue weighted by molar-refractivity contribution is 5.75. The molecule has 0 spiro atoms. The van der Waals surface area contributed by atoms with E-state index in [2.05, 4.69) is 36.5 Å². The lowest BCUT2D eigenvalue weighted by Crippen LogP contribution is -2.28. The first-order valence-corrected chi connectivity index (χ1v) is 5.29. The fraction of sp³-hybridized carbons (Fsp3) is 0.417. The minimum absolute atomic E-state index is 0.233. The van der Waals surface area contributed by atoms with Crippen LogP contribution in [-0.2, 0) is 17.8 Å². The van der Waals surface area contributed by atoms with Gasteiger partial charge in [-0.3, -0.25) is 4.79 Å². The molecule has 1 aromatic rings. The van der Waals surface area contributed by atoms with Gasteiger partial charge >= 0.3 is 0 Å². The molecule has 0 fully saturated rings. The zero-order valence-corrected chi connectivity index (χ0v) is 9.12. The highest BCUT2D eigenvalue weighted by Gasteiger charge is 1.96. The molecule has 3 N–H and O–H groups in total. The lowest BCUT2D eigenvalue weighted by molar-refractivity contribution is -0.117. The highest BCUT2D eigenvalue weighted by atomic mass is 16.1. The second-order valence-corrected chi connectivity index (χ2v) is 3.64. The van der Waals surface area contributed by atoms with Gasteiger partial charge in [-0.1, -0.05) is 37.6 Å². The maximum Gasteiger partial charge on any atom is 0.231 e. The number of nitrogens with two attached hydrogens (primary N) is 1. The van der Waals surface area contributed by atoms with Crippen LogP contribution in [0.2, 0.25) is 0 Å². The molecule has 0 saturated carbocycles. The molecule has 0 heterocycles. The van der Waals surface area contributed by atoms with Crippen molar-refractivity contribution in [3.05, 3.63) is 35.4 Å². The molecule has 1 amide bonds. The van der Waals surface area contributed by atoms with Crippen LogP contribution < -0.4 is 11.1 Å². The molecule has 1 aromatic carbocycles. The molecule has 0 bridgehead atoms. The summed E-state index contributed by atoms with van der Waals surface area (Å²) in [6.45, 7) is 3.09. The van der Waals surface area contributed by atoms with Crippen molar-refractivity contribution in [2.45, 2.75) is 26.3 Å². The first kappa shape index (κ1) is 11.7. The molecule has 0 unspecified atom stereocenters. The number of nitrogens with one attached hydrogen (secondary N) is 1. The van der Waals surface area contributed by atoms with Crippen molar-refractivity contribution in [2.75, 3.05) is 6.54 Å². The molecule has 15 heavy (non-hydrogen) atoms. The Kier molecular flexibility index (Phi) is 4.84. The topological polar surface area (TPSA) is 55.1 Å². The number of amides is 1. The van der Waals surface area contributed by atoms with Crippen molar-refractivity contribution in [2.24, 2.45) is 5.73 Å². The quantitative estimate of drug-likeness (QED) is 0.735. The summed E-state index contributed by atoms with van der Waals surface area (Å²) in [5.74, 6) is -0.322. The number of benzene rings is 1. The molecule has 1 rings (SSSR count).